The van der Waals surface area contributed by atoms with E-state index in [0.29, 0.717) is 22.7 Å². The highest BCUT2D eigenvalue weighted by Crippen LogP contribution is 2.25. The summed E-state index contributed by atoms with van der Waals surface area (Å²) in [7, 11) is 0. The topological polar surface area (TPSA) is 104 Å². The first-order chi connectivity index (χ1) is 14.1. The summed E-state index contributed by atoms with van der Waals surface area (Å²) in [6.45, 7) is 1.66. The highest BCUT2D eigenvalue weighted by Gasteiger charge is 2.24. The summed E-state index contributed by atoms with van der Waals surface area (Å²) >= 11 is 0. The zero-order valence-electron chi connectivity index (χ0n) is 16.1. The van der Waals surface area contributed by atoms with E-state index in [9.17, 15) is 10.1 Å². The van der Waals surface area contributed by atoms with Crippen molar-refractivity contribution in [3.8, 4) is 6.07 Å². The predicted octanol–water partition coefficient (Wildman–Crippen LogP) is 2.64. The van der Waals surface area contributed by atoms with Crippen LogP contribution >= 0.6 is 0 Å². The molecule has 1 aliphatic heterocycles. The molecule has 6 nitrogen and oxygen atoms in total. The van der Waals surface area contributed by atoms with Gasteiger partial charge < -0.3 is 16.4 Å². The van der Waals surface area contributed by atoms with Crippen LogP contribution in [0.1, 0.15) is 27.9 Å². The fourth-order valence-electron chi connectivity index (χ4n) is 4.01. The quantitative estimate of drug-likeness (QED) is 0.599. The SMILES string of the molecule is N#Cc1ccc(C[C@@H]2CNC[C@H](NC(=O)c3ccc(N)cc3)C2)c2cccnc12. The van der Waals surface area contributed by atoms with E-state index in [1.807, 2.05) is 24.3 Å². The molecule has 1 fully saturated rings. The number of carbonyl (C=O) groups excluding carboxylic acids is 1. The molecule has 0 bridgehead atoms. The zero-order valence-corrected chi connectivity index (χ0v) is 16.1. The lowest BCUT2D eigenvalue weighted by Gasteiger charge is -2.31. The third-order valence-electron chi connectivity index (χ3n) is 5.44. The molecular weight excluding hydrogens is 362 g/mol. The first kappa shape index (κ1) is 18.9. The van der Waals surface area contributed by atoms with E-state index in [4.69, 9.17) is 5.73 Å². The van der Waals surface area contributed by atoms with Gasteiger partial charge in [0.15, 0.2) is 0 Å². The number of nitrogens with two attached hydrogens (primary N) is 1. The Labute approximate surface area is 169 Å². The number of amides is 1. The number of nitrogens with one attached hydrogen (secondary N) is 2. The number of benzene rings is 2. The Hall–Kier alpha value is -3.43. The minimum absolute atomic E-state index is 0.0709. The summed E-state index contributed by atoms with van der Waals surface area (Å²) in [5.74, 6) is 0.308. The second-order valence-corrected chi connectivity index (χ2v) is 7.54. The van der Waals surface area contributed by atoms with Crippen molar-refractivity contribution >= 4 is 22.5 Å². The number of nitriles is 1. The van der Waals surface area contributed by atoms with Gasteiger partial charge in [-0.1, -0.05) is 12.1 Å². The summed E-state index contributed by atoms with van der Waals surface area (Å²) < 4.78 is 0. The molecule has 29 heavy (non-hydrogen) atoms. The van der Waals surface area contributed by atoms with Crippen molar-refractivity contribution in [1.29, 1.82) is 5.26 Å². The van der Waals surface area contributed by atoms with Crippen LogP contribution in [0.2, 0.25) is 0 Å². The molecule has 1 aromatic heterocycles. The fraction of sp³-hybridized carbons (Fsp3) is 0.261. The highest BCUT2D eigenvalue weighted by molar-refractivity contribution is 5.94. The van der Waals surface area contributed by atoms with Crippen LogP contribution in [0.4, 0.5) is 5.69 Å². The summed E-state index contributed by atoms with van der Waals surface area (Å²) in [6.07, 6.45) is 3.49. The number of nitrogens with zero attached hydrogens (tertiary/aromatic N) is 2. The van der Waals surface area contributed by atoms with Crippen LogP contribution in [-0.2, 0) is 6.42 Å². The van der Waals surface area contributed by atoms with E-state index >= 15 is 0 Å². The van der Waals surface area contributed by atoms with Crippen molar-refractivity contribution in [2.45, 2.75) is 18.9 Å². The second kappa shape index (κ2) is 8.29. The molecule has 2 atom stereocenters. The molecule has 4 N–H and O–H groups in total. The number of fused-ring (bicyclic) bond motifs is 1. The molecule has 2 aromatic carbocycles. The second-order valence-electron chi connectivity index (χ2n) is 7.54. The van der Waals surface area contributed by atoms with Crippen molar-refractivity contribution in [1.82, 2.24) is 15.6 Å². The number of nitrogen functional groups attached to an aromatic ring is 1. The highest BCUT2D eigenvalue weighted by atomic mass is 16.1. The van der Waals surface area contributed by atoms with Crippen molar-refractivity contribution in [2.75, 3.05) is 18.8 Å². The Morgan fingerprint density at radius 1 is 1.21 bits per heavy atom. The Morgan fingerprint density at radius 3 is 2.83 bits per heavy atom. The molecule has 1 amide bonds. The molecule has 4 rings (SSSR count). The van der Waals surface area contributed by atoms with Gasteiger partial charge in [-0.05, 0) is 67.3 Å². The molecule has 1 saturated heterocycles. The van der Waals surface area contributed by atoms with Gasteiger partial charge in [-0.3, -0.25) is 9.78 Å². The molecule has 1 aliphatic rings. The van der Waals surface area contributed by atoms with Crippen LogP contribution in [0, 0.1) is 17.2 Å². The average molecular weight is 385 g/mol. The van der Waals surface area contributed by atoms with Gasteiger partial charge in [-0.2, -0.15) is 5.26 Å². The maximum absolute atomic E-state index is 12.5. The van der Waals surface area contributed by atoms with E-state index in [1.165, 1.54) is 5.56 Å². The Kier molecular flexibility index (Phi) is 5.41. The Balaban J connectivity index is 1.46. The number of hydrogen-bond donors (Lipinski definition) is 3. The van der Waals surface area contributed by atoms with Crippen LogP contribution in [-0.4, -0.2) is 30.0 Å². The largest absolute Gasteiger partial charge is 0.399 e. The normalized spacial score (nSPS) is 18.9. The van der Waals surface area contributed by atoms with Crippen molar-refractivity contribution in [2.24, 2.45) is 5.92 Å². The smallest absolute Gasteiger partial charge is 0.251 e. The first-order valence-electron chi connectivity index (χ1n) is 9.78. The number of aromatic nitrogens is 1. The van der Waals surface area contributed by atoms with Gasteiger partial charge in [0.1, 0.15) is 6.07 Å². The van der Waals surface area contributed by atoms with Gasteiger partial charge in [0, 0.05) is 35.4 Å². The van der Waals surface area contributed by atoms with E-state index < -0.39 is 0 Å². The summed E-state index contributed by atoms with van der Waals surface area (Å²) in [6, 6.07) is 17.1. The molecule has 146 valence electrons. The van der Waals surface area contributed by atoms with Crippen molar-refractivity contribution in [3.05, 3.63) is 71.4 Å². The lowest BCUT2D eigenvalue weighted by molar-refractivity contribution is 0.0924. The minimum Gasteiger partial charge on any atom is -0.399 e. The molecule has 0 aliphatic carbocycles. The van der Waals surface area contributed by atoms with Gasteiger partial charge in [-0.15, -0.1) is 0 Å². The number of anilines is 1. The number of pyridine rings is 1. The molecule has 0 radical (unpaired) electrons. The predicted molar refractivity (Wildman–Crippen MR) is 113 cm³/mol. The number of piperidine rings is 1. The van der Waals surface area contributed by atoms with Crippen LogP contribution < -0.4 is 16.4 Å². The van der Waals surface area contributed by atoms with Gasteiger partial charge in [0.25, 0.3) is 5.91 Å². The Bertz CT molecular complexity index is 1070. The third kappa shape index (κ3) is 4.20. The first-order valence-corrected chi connectivity index (χ1v) is 9.78. The molecule has 2 heterocycles. The summed E-state index contributed by atoms with van der Waals surface area (Å²) in [5, 5.41) is 16.9. The van der Waals surface area contributed by atoms with Gasteiger partial charge in [-0.25, -0.2) is 0 Å². The monoisotopic (exact) mass is 385 g/mol. The molecule has 0 spiro atoms. The van der Waals surface area contributed by atoms with E-state index in [2.05, 4.69) is 21.7 Å². The molecular formula is C23H23N5O. The van der Waals surface area contributed by atoms with E-state index in [-0.39, 0.29) is 11.9 Å². The maximum atomic E-state index is 12.5. The standard InChI is InChI=1S/C23H23N5O/c24-12-18-4-3-17(21-2-1-9-27-22(18)21)10-15-11-20(14-26-13-15)28-23(29)16-5-7-19(25)8-6-16/h1-9,15,20,26H,10-11,13-14,25H2,(H,28,29)/t15-,20+/m0/s1. The van der Waals surface area contributed by atoms with E-state index in [1.54, 1.807) is 30.5 Å². The van der Waals surface area contributed by atoms with Crippen LogP contribution in [0.25, 0.3) is 10.9 Å². The van der Waals surface area contributed by atoms with Crippen LogP contribution in [0.3, 0.4) is 0 Å². The Morgan fingerprint density at radius 2 is 2.03 bits per heavy atom. The molecule has 0 saturated carbocycles. The van der Waals surface area contributed by atoms with Gasteiger partial charge >= 0.3 is 0 Å². The molecule has 3 aromatic rings. The minimum atomic E-state index is -0.0783. The summed E-state index contributed by atoms with van der Waals surface area (Å²) in [4.78, 5) is 16.9. The van der Waals surface area contributed by atoms with Gasteiger partial charge in [0.2, 0.25) is 0 Å². The average Bonchev–Trinajstić information content (AvgIpc) is 2.75. The van der Waals surface area contributed by atoms with E-state index in [0.717, 1.165) is 36.8 Å². The summed E-state index contributed by atoms with van der Waals surface area (Å²) in [5.41, 5.74) is 9.49. The number of hydrogen-bond acceptors (Lipinski definition) is 5. The third-order valence-corrected chi connectivity index (χ3v) is 5.44. The van der Waals surface area contributed by atoms with Crippen molar-refractivity contribution < 1.29 is 4.79 Å². The number of carbonyl (C=O) groups is 1. The molecule has 6 heteroatoms. The zero-order chi connectivity index (χ0) is 20.2. The van der Waals surface area contributed by atoms with Crippen LogP contribution in [0.15, 0.2) is 54.7 Å². The van der Waals surface area contributed by atoms with Crippen LogP contribution in [0.5, 0.6) is 0 Å². The molecule has 0 unspecified atom stereocenters. The maximum Gasteiger partial charge on any atom is 0.251 e. The fourth-order valence-corrected chi connectivity index (χ4v) is 4.01. The lowest BCUT2D eigenvalue weighted by Crippen LogP contribution is -2.49. The number of rotatable bonds is 4. The van der Waals surface area contributed by atoms with Crippen molar-refractivity contribution in [3.63, 3.8) is 0 Å². The van der Waals surface area contributed by atoms with Gasteiger partial charge in [0.05, 0.1) is 11.1 Å². The lowest BCUT2D eigenvalue weighted by atomic mass is 9.88.